The van der Waals surface area contributed by atoms with Crippen molar-refractivity contribution < 1.29 is 29.4 Å². The van der Waals surface area contributed by atoms with Crippen LogP contribution in [0.15, 0.2) is 40.1 Å². The first-order chi connectivity index (χ1) is 12.7. The van der Waals surface area contributed by atoms with Gasteiger partial charge in [0.15, 0.2) is 5.75 Å². The Morgan fingerprint density at radius 3 is 2.11 bits per heavy atom. The Bertz CT molecular complexity index is 977. The van der Waals surface area contributed by atoms with Crippen molar-refractivity contribution in [2.45, 2.75) is 9.79 Å². The summed E-state index contributed by atoms with van der Waals surface area (Å²) in [5.74, 6) is -1.83. The number of para-hydroxylation sites is 1. The third kappa shape index (κ3) is 3.92. The minimum absolute atomic E-state index is 0.182. The molecule has 0 fully saturated rings. The van der Waals surface area contributed by atoms with Crippen LogP contribution in [0.1, 0.15) is 10.4 Å². The molecule has 0 heterocycles. The maximum absolute atomic E-state index is 11.3. The van der Waals surface area contributed by atoms with Gasteiger partial charge in [0.1, 0.15) is 5.56 Å². The van der Waals surface area contributed by atoms with Gasteiger partial charge >= 0.3 is 11.7 Å². The second kappa shape index (κ2) is 7.65. The zero-order chi connectivity index (χ0) is 20.3. The van der Waals surface area contributed by atoms with Crippen molar-refractivity contribution in [2.75, 3.05) is 7.11 Å². The number of nitrogens with zero attached hydrogens (tertiary/aromatic N) is 3. The van der Waals surface area contributed by atoms with Gasteiger partial charge in [0.25, 0.3) is 11.4 Å². The van der Waals surface area contributed by atoms with Gasteiger partial charge in [0.05, 0.1) is 37.7 Å². The summed E-state index contributed by atoms with van der Waals surface area (Å²) in [6.45, 7) is 0. The molecule has 2 aromatic rings. The molecular formula is C14H9N3O9S. The first-order valence-electron chi connectivity index (χ1n) is 6.86. The number of benzene rings is 2. The largest absolute Gasteiger partial charge is 0.490 e. The summed E-state index contributed by atoms with van der Waals surface area (Å²) in [7, 11) is 1.12. The zero-order valence-electron chi connectivity index (χ0n) is 13.3. The van der Waals surface area contributed by atoms with Crippen LogP contribution in [0.4, 0.5) is 17.1 Å². The van der Waals surface area contributed by atoms with Crippen molar-refractivity contribution in [3.63, 3.8) is 0 Å². The van der Waals surface area contributed by atoms with Gasteiger partial charge in [-0.05, 0) is 12.1 Å². The number of hydrogen-bond donors (Lipinski definition) is 1. The number of nitro benzene ring substituents is 3. The van der Waals surface area contributed by atoms with E-state index < -0.39 is 43.4 Å². The van der Waals surface area contributed by atoms with Crippen LogP contribution in [0.2, 0.25) is 0 Å². The maximum Gasteiger partial charge on any atom is 0.342 e. The normalized spacial score (nSPS) is 10.3. The van der Waals surface area contributed by atoms with Crippen molar-refractivity contribution in [2.24, 2.45) is 0 Å². The number of ether oxygens (including phenoxy) is 1. The lowest BCUT2D eigenvalue weighted by Gasteiger charge is -2.08. The van der Waals surface area contributed by atoms with Crippen molar-refractivity contribution in [3.05, 3.63) is 66.2 Å². The standard InChI is InChI=1S/C14H9N3O9S/c1-26-10-6-12(9(16(22)23)5-8(10)15(20)21)27-11-4-2-3-7(14(18)19)13(11)17(24)25/h2-6H,1H3,(H,18,19). The van der Waals surface area contributed by atoms with Gasteiger partial charge in [-0.15, -0.1) is 0 Å². The second-order valence-corrected chi connectivity index (χ2v) is 5.91. The number of nitro groups is 3. The molecule has 0 radical (unpaired) electrons. The van der Waals surface area contributed by atoms with Crippen LogP contribution in [0.25, 0.3) is 0 Å². The molecule has 140 valence electrons. The minimum Gasteiger partial charge on any atom is -0.490 e. The van der Waals surface area contributed by atoms with E-state index in [0.29, 0.717) is 17.8 Å². The fourth-order valence-corrected chi connectivity index (χ4v) is 3.22. The third-order valence-electron chi connectivity index (χ3n) is 3.29. The van der Waals surface area contributed by atoms with Crippen LogP contribution < -0.4 is 4.74 Å². The topological polar surface area (TPSA) is 176 Å². The lowest BCUT2D eigenvalue weighted by Crippen LogP contribution is -2.04. The number of carboxylic acid groups (broad SMARTS) is 1. The van der Waals surface area contributed by atoms with Crippen LogP contribution in [0, 0.1) is 30.3 Å². The number of carboxylic acids is 1. The van der Waals surface area contributed by atoms with Crippen molar-refractivity contribution >= 4 is 34.8 Å². The van der Waals surface area contributed by atoms with E-state index in [1.54, 1.807) is 0 Å². The van der Waals surface area contributed by atoms with E-state index in [2.05, 4.69) is 0 Å². The molecule has 0 bridgehead atoms. The molecule has 0 aliphatic carbocycles. The van der Waals surface area contributed by atoms with E-state index in [4.69, 9.17) is 9.84 Å². The highest BCUT2D eigenvalue weighted by atomic mass is 32.2. The SMILES string of the molecule is COc1cc(Sc2cccc(C(=O)O)c2[N+](=O)[O-])c([N+](=O)[O-])cc1[N+](=O)[O-]. The third-order valence-corrected chi connectivity index (χ3v) is 4.38. The van der Waals surface area contributed by atoms with Crippen LogP contribution in [-0.4, -0.2) is 33.0 Å². The summed E-state index contributed by atoms with van der Waals surface area (Å²) < 4.78 is 4.85. The monoisotopic (exact) mass is 395 g/mol. The van der Waals surface area contributed by atoms with E-state index >= 15 is 0 Å². The molecule has 0 aliphatic heterocycles. The molecule has 0 saturated heterocycles. The Hall–Kier alpha value is -3.74. The van der Waals surface area contributed by atoms with Gasteiger partial charge in [0.2, 0.25) is 0 Å². The summed E-state index contributed by atoms with van der Waals surface area (Å²) in [5, 5.41) is 42.7. The van der Waals surface area contributed by atoms with Crippen LogP contribution in [-0.2, 0) is 0 Å². The molecule has 0 aromatic heterocycles. The molecule has 0 unspecified atom stereocenters. The fourth-order valence-electron chi connectivity index (χ4n) is 2.15. The lowest BCUT2D eigenvalue weighted by atomic mass is 10.2. The molecule has 12 nitrogen and oxygen atoms in total. The van der Waals surface area contributed by atoms with Crippen molar-refractivity contribution in [1.82, 2.24) is 0 Å². The Morgan fingerprint density at radius 2 is 1.63 bits per heavy atom. The molecule has 2 rings (SSSR count). The quantitative estimate of drug-likeness (QED) is 0.540. The molecule has 0 spiro atoms. The van der Waals surface area contributed by atoms with Gasteiger partial charge < -0.3 is 9.84 Å². The van der Waals surface area contributed by atoms with Gasteiger partial charge in [-0.2, -0.15) is 0 Å². The first-order valence-corrected chi connectivity index (χ1v) is 7.68. The number of rotatable bonds is 7. The molecule has 13 heteroatoms. The Labute approximate surface area is 153 Å². The van der Waals surface area contributed by atoms with Crippen molar-refractivity contribution in [1.29, 1.82) is 0 Å². The Morgan fingerprint density at radius 1 is 1.00 bits per heavy atom. The fraction of sp³-hybridized carbons (Fsp3) is 0.0714. The molecule has 0 aliphatic rings. The molecule has 27 heavy (non-hydrogen) atoms. The van der Waals surface area contributed by atoms with Gasteiger partial charge in [-0.1, -0.05) is 17.8 Å². The predicted octanol–water partition coefficient (Wildman–Crippen LogP) is 3.27. The predicted molar refractivity (Wildman–Crippen MR) is 90.5 cm³/mol. The molecule has 1 N–H and O–H groups in total. The molecule has 0 amide bonds. The highest BCUT2D eigenvalue weighted by molar-refractivity contribution is 7.99. The highest BCUT2D eigenvalue weighted by Gasteiger charge is 2.29. The first kappa shape index (κ1) is 19.6. The average molecular weight is 395 g/mol. The van der Waals surface area contributed by atoms with Gasteiger partial charge in [-0.25, -0.2) is 4.79 Å². The Kier molecular flexibility index (Phi) is 5.55. The summed E-state index contributed by atoms with van der Waals surface area (Å²) in [6.07, 6.45) is 0. The summed E-state index contributed by atoms with van der Waals surface area (Å²) in [5.41, 5.74) is -2.67. The smallest absolute Gasteiger partial charge is 0.342 e. The molecule has 0 atom stereocenters. The number of hydrogen-bond acceptors (Lipinski definition) is 9. The van der Waals surface area contributed by atoms with Crippen LogP contribution in [0.3, 0.4) is 0 Å². The highest BCUT2D eigenvalue weighted by Crippen LogP contribution is 2.44. The van der Waals surface area contributed by atoms with Gasteiger partial charge in [-0.3, -0.25) is 30.3 Å². The Balaban J connectivity index is 2.69. The van der Waals surface area contributed by atoms with E-state index in [0.717, 1.165) is 19.2 Å². The molecule has 0 saturated carbocycles. The van der Waals surface area contributed by atoms with E-state index in [-0.39, 0.29) is 15.5 Å². The average Bonchev–Trinajstić information content (AvgIpc) is 2.60. The van der Waals surface area contributed by atoms with E-state index in [9.17, 15) is 35.1 Å². The summed E-state index contributed by atoms with van der Waals surface area (Å²) >= 11 is 0.530. The van der Waals surface area contributed by atoms with Crippen LogP contribution in [0.5, 0.6) is 5.75 Å². The molecular weight excluding hydrogens is 386 g/mol. The summed E-state index contributed by atoms with van der Waals surface area (Å²) in [4.78, 5) is 41.8. The molecule has 2 aromatic carbocycles. The summed E-state index contributed by atoms with van der Waals surface area (Å²) in [6, 6.07) is 5.15. The number of carbonyl (C=O) groups is 1. The lowest BCUT2D eigenvalue weighted by molar-refractivity contribution is -0.396. The van der Waals surface area contributed by atoms with Gasteiger partial charge in [0, 0.05) is 6.07 Å². The minimum atomic E-state index is -1.54. The number of methoxy groups -OCH3 is 1. The van der Waals surface area contributed by atoms with Crippen molar-refractivity contribution in [3.8, 4) is 5.75 Å². The maximum atomic E-state index is 11.3. The zero-order valence-corrected chi connectivity index (χ0v) is 14.2. The van der Waals surface area contributed by atoms with Crippen LogP contribution >= 0.6 is 11.8 Å². The second-order valence-electron chi connectivity index (χ2n) is 4.82. The number of aromatic carboxylic acids is 1. The van der Waals surface area contributed by atoms with E-state index in [1.165, 1.54) is 12.1 Å². The van der Waals surface area contributed by atoms with E-state index in [1.807, 2.05) is 0 Å².